The lowest BCUT2D eigenvalue weighted by atomic mass is 10.0. The highest BCUT2D eigenvalue weighted by Crippen LogP contribution is 2.36. The number of esters is 1. The van der Waals surface area contributed by atoms with Crippen molar-refractivity contribution in [3.8, 4) is 23.0 Å². The number of phenols is 2. The minimum Gasteiger partial charge on any atom is -0.508 e. The van der Waals surface area contributed by atoms with Gasteiger partial charge in [-0.05, 0) is 80.1 Å². The van der Waals surface area contributed by atoms with Crippen molar-refractivity contribution in [3.63, 3.8) is 0 Å². The highest BCUT2D eigenvalue weighted by atomic mass is 32.2. The summed E-state index contributed by atoms with van der Waals surface area (Å²) in [6.07, 6.45) is 5.34. The van der Waals surface area contributed by atoms with E-state index in [0.29, 0.717) is 55.1 Å². The first-order valence-corrected chi connectivity index (χ1v) is 15.5. The largest absolute Gasteiger partial charge is 0.508 e. The van der Waals surface area contributed by atoms with Crippen molar-refractivity contribution in [2.24, 2.45) is 0 Å². The van der Waals surface area contributed by atoms with Crippen LogP contribution in [0.5, 0.6) is 23.0 Å². The van der Waals surface area contributed by atoms with Crippen LogP contribution >= 0.6 is 11.8 Å². The van der Waals surface area contributed by atoms with Gasteiger partial charge in [0.1, 0.15) is 23.0 Å². The molecule has 3 aromatic carbocycles. The molecule has 0 aliphatic rings. The number of carbonyl (C=O) groups is 2. The molecule has 42 heavy (non-hydrogen) atoms. The standard InChI is InChI=1S/C34H42O7S/c1-4-7-30-31(19-18-29(24(2)35)34(30)38)41-22-6-21-40-28-16-12-26(13-17-28)32(42-23-20-33(37)39-3)9-5-8-25-10-14-27(36)15-11-25/h10-19,32,36,38H,4-9,20-23H2,1-3H3. The van der Waals surface area contributed by atoms with Gasteiger partial charge in [-0.25, -0.2) is 0 Å². The van der Waals surface area contributed by atoms with E-state index in [-0.39, 0.29) is 28.5 Å². The molecule has 0 saturated carbocycles. The number of Topliss-reactive ketones (excluding diaryl/α,β-unsaturated/α-hetero) is 1. The van der Waals surface area contributed by atoms with Gasteiger partial charge in [0, 0.05) is 23.0 Å². The predicted octanol–water partition coefficient (Wildman–Crippen LogP) is 7.46. The molecule has 0 amide bonds. The minimum absolute atomic E-state index is 0.0142. The van der Waals surface area contributed by atoms with Crippen molar-refractivity contribution < 1.29 is 34.0 Å². The van der Waals surface area contributed by atoms with E-state index in [9.17, 15) is 19.8 Å². The summed E-state index contributed by atoms with van der Waals surface area (Å²) < 4.78 is 16.7. The highest BCUT2D eigenvalue weighted by Gasteiger charge is 2.16. The Morgan fingerprint density at radius 2 is 1.60 bits per heavy atom. The number of phenolic OH excluding ortho intramolecular Hbond substituents is 2. The number of ether oxygens (including phenoxy) is 3. The van der Waals surface area contributed by atoms with E-state index in [1.165, 1.54) is 25.2 Å². The van der Waals surface area contributed by atoms with Crippen LogP contribution < -0.4 is 9.47 Å². The summed E-state index contributed by atoms with van der Waals surface area (Å²) in [5.74, 6) is 1.97. The number of methoxy groups -OCH3 is 1. The summed E-state index contributed by atoms with van der Waals surface area (Å²) >= 11 is 1.76. The summed E-state index contributed by atoms with van der Waals surface area (Å²) in [7, 11) is 1.41. The molecular weight excluding hydrogens is 552 g/mol. The zero-order chi connectivity index (χ0) is 30.3. The number of rotatable bonds is 18. The molecule has 7 nitrogen and oxygen atoms in total. The number of thioether (sulfide) groups is 1. The molecule has 0 aliphatic carbocycles. The Kier molecular flexibility index (Phi) is 13.6. The molecule has 0 aromatic heterocycles. The topological polar surface area (TPSA) is 102 Å². The number of benzene rings is 3. The molecule has 0 radical (unpaired) electrons. The maximum absolute atomic E-state index is 11.8. The average molecular weight is 595 g/mol. The summed E-state index contributed by atoms with van der Waals surface area (Å²) in [4.78, 5) is 23.4. The fourth-order valence-electron chi connectivity index (χ4n) is 4.63. The van der Waals surface area contributed by atoms with Gasteiger partial charge in [-0.1, -0.05) is 37.6 Å². The summed E-state index contributed by atoms with van der Waals surface area (Å²) in [5, 5.41) is 20.3. The molecule has 0 spiro atoms. The van der Waals surface area contributed by atoms with Gasteiger partial charge < -0.3 is 24.4 Å². The van der Waals surface area contributed by atoms with Crippen molar-refractivity contribution in [3.05, 3.63) is 82.9 Å². The molecule has 3 rings (SSSR count). The molecule has 2 N–H and O–H groups in total. The second-order valence-electron chi connectivity index (χ2n) is 10.1. The van der Waals surface area contributed by atoms with Crippen molar-refractivity contribution >= 4 is 23.5 Å². The van der Waals surface area contributed by atoms with Crippen LogP contribution in [0.25, 0.3) is 0 Å². The molecule has 226 valence electrons. The first-order chi connectivity index (χ1) is 20.3. The van der Waals surface area contributed by atoms with Crippen LogP contribution in [0, 0.1) is 0 Å². The zero-order valence-corrected chi connectivity index (χ0v) is 25.6. The minimum atomic E-state index is -0.204. The first kappa shape index (κ1) is 32.9. The van der Waals surface area contributed by atoms with Crippen LogP contribution in [0.4, 0.5) is 0 Å². The third-order valence-corrected chi connectivity index (χ3v) is 8.26. The summed E-state index contributed by atoms with van der Waals surface area (Å²) in [6.45, 7) is 4.36. The van der Waals surface area contributed by atoms with Crippen LogP contribution in [-0.2, 0) is 22.4 Å². The van der Waals surface area contributed by atoms with E-state index < -0.39 is 0 Å². The van der Waals surface area contributed by atoms with Gasteiger partial charge in [0.2, 0.25) is 0 Å². The fraction of sp³-hybridized carbons (Fsp3) is 0.412. The Hall–Kier alpha value is -3.65. The maximum Gasteiger partial charge on any atom is 0.306 e. The maximum atomic E-state index is 11.8. The zero-order valence-electron chi connectivity index (χ0n) is 24.8. The first-order valence-electron chi connectivity index (χ1n) is 14.5. The van der Waals surface area contributed by atoms with Crippen molar-refractivity contribution in [2.75, 3.05) is 26.1 Å². The molecular formula is C34H42O7S. The van der Waals surface area contributed by atoms with E-state index in [2.05, 4.69) is 12.1 Å². The second kappa shape index (κ2) is 17.3. The number of hydrogen-bond donors (Lipinski definition) is 2. The van der Waals surface area contributed by atoms with E-state index in [1.54, 1.807) is 36.0 Å². The predicted molar refractivity (Wildman–Crippen MR) is 167 cm³/mol. The Morgan fingerprint density at radius 3 is 2.26 bits per heavy atom. The van der Waals surface area contributed by atoms with Crippen molar-refractivity contribution in [2.45, 2.75) is 64.0 Å². The normalized spacial score (nSPS) is 11.6. The fourth-order valence-corrected chi connectivity index (χ4v) is 5.88. The lowest BCUT2D eigenvalue weighted by molar-refractivity contribution is -0.140. The van der Waals surface area contributed by atoms with Crippen LogP contribution in [-0.4, -0.2) is 48.0 Å². The average Bonchev–Trinajstić information content (AvgIpc) is 2.98. The number of hydrogen-bond acceptors (Lipinski definition) is 8. The van der Waals surface area contributed by atoms with Gasteiger partial charge in [-0.3, -0.25) is 9.59 Å². The van der Waals surface area contributed by atoms with Gasteiger partial charge in [0.25, 0.3) is 0 Å². The molecule has 1 unspecified atom stereocenters. The summed E-state index contributed by atoms with van der Waals surface area (Å²) in [6, 6.07) is 18.8. The molecule has 8 heteroatoms. The Labute approximate surface area is 253 Å². The van der Waals surface area contributed by atoms with Gasteiger partial charge in [0.05, 0.1) is 32.3 Å². The van der Waals surface area contributed by atoms with Crippen molar-refractivity contribution in [1.29, 1.82) is 0 Å². The van der Waals surface area contributed by atoms with Gasteiger partial charge >= 0.3 is 5.97 Å². The monoisotopic (exact) mass is 594 g/mol. The number of aromatic hydroxyl groups is 2. The SMILES string of the molecule is CCCc1c(OCCCOc2ccc(C(CCCc3ccc(O)cc3)SCCC(=O)OC)cc2)ccc(C(C)=O)c1O. The number of carbonyl (C=O) groups excluding carboxylic acids is 2. The van der Waals surface area contributed by atoms with Crippen LogP contribution in [0.2, 0.25) is 0 Å². The summed E-state index contributed by atoms with van der Waals surface area (Å²) in [5.41, 5.74) is 3.36. The smallest absolute Gasteiger partial charge is 0.306 e. The third kappa shape index (κ3) is 10.3. The Morgan fingerprint density at radius 1 is 0.881 bits per heavy atom. The number of aryl methyl sites for hydroxylation is 1. The van der Waals surface area contributed by atoms with E-state index in [1.807, 2.05) is 31.2 Å². The number of ketones is 1. The molecule has 0 bridgehead atoms. The second-order valence-corrected chi connectivity index (χ2v) is 11.4. The lowest BCUT2D eigenvalue weighted by Crippen LogP contribution is -2.07. The van der Waals surface area contributed by atoms with E-state index in [0.717, 1.165) is 31.4 Å². The van der Waals surface area contributed by atoms with E-state index in [4.69, 9.17) is 14.2 Å². The molecule has 0 heterocycles. The Balaban J connectivity index is 1.51. The molecule has 3 aromatic rings. The molecule has 0 saturated heterocycles. The van der Waals surface area contributed by atoms with Crippen molar-refractivity contribution in [1.82, 2.24) is 0 Å². The Bertz CT molecular complexity index is 1270. The van der Waals surface area contributed by atoms with Crippen LogP contribution in [0.1, 0.15) is 78.2 Å². The van der Waals surface area contributed by atoms with Crippen LogP contribution in [0.3, 0.4) is 0 Å². The molecule has 0 fully saturated rings. The van der Waals surface area contributed by atoms with Gasteiger partial charge in [0.15, 0.2) is 5.78 Å². The molecule has 1 atom stereocenters. The quantitative estimate of drug-likeness (QED) is 0.0889. The highest BCUT2D eigenvalue weighted by molar-refractivity contribution is 7.99. The molecule has 0 aliphatic heterocycles. The van der Waals surface area contributed by atoms with Gasteiger partial charge in [-0.15, -0.1) is 0 Å². The van der Waals surface area contributed by atoms with Gasteiger partial charge in [-0.2, -0.15) is 11.8 Å². The third-order valence-electron chi connectivity index (χ3n) is 6.91. The lowest BCUT2D eigenvalue weighted by Gasteiger charge is -2.18. The van der Waals surface area contributed by atoms with Crippen LogP contribution in [0.15, 0.2) is 60.7 Å². The van der Waals surface area contributed by atoms with E-state index >= 15 is 0 Å².